The molecule has 0 fully saturated rings. The van der Waals surface area contributed by atoms with Crippen LogP contribution in [-0.4, -0.2) is 28.0 Å². The van der Waals surface area contributed by atoms with Crippen LogP contribution < -0.4 is 10.6 Å². The summed E-state index contributed by atoms with van der Waals surface area (Å²) in [4.78, 5) is 19.8. The van der Waals surface area contributed by atoms with E-state index in [4.69, 9.17) is 11.0 Å². The Morgan fingerprint density at radius 2 is 2.26 bits per heavy atom. The SMILES string of the molecule is CC(C)CN(CCC#N)c1ncnc(N)c1[N+](=O)[O-]. The van der Waals surface area contributed by atoms with Crippen molar-refractivity contribution < 1.29 is 4.92 Å². The van der Waals surface area contributed by atoms with Gasteiger partial charge in [0.2, 0.25) is 11.6 Å². The molecule has 102 valence electrons. The number of hydrogen-bond acceptors (Lipinski definition) is 7. The predicted molar refractivity (Wildman–Crippen MR) is 70.4 cm³/mol. The van der Waals surface area contributed by atoms with Crippen molar-refractivity contribution in [3.8, 4) is 6.07 Å². The second kappa shape index (κ2) is 6.49. The van der Waals surface area contributed by atoms with E-state index in [2.05, 4.69) is 9.97 Å². The van der Waals surface area contributed by atoms with Crippen molar-refractivity contribution in [3.63, 3.8) is 0 Å². The summed E-state index contributed by atoms with van der Waals surface area (Å²) in [6.45, 7) is 4.89. The van der Waals surface area contributed by atoms with E-state index in [0.717, 1.165) is 0 Å². The van der Waals surface area contributed by atoms with E-state index in [0.29, 0.717) is 13.1 Å². The van der Waals surface area contributed by atoms with E-state index in [-0.39, 0.29) is 29.7 Å². The summed E-state index contributed by atoms with van der Waals surface area (Å²) in [6, 6.07) is 2.02. The van der Waals surface area contributed by atoms with Crippen LogP contribution in [0.25, 0.3) is 0 Å². The Morgan fingerprint density at radius 1 is 1.58 bits per heavy atom. The zero-order valence-electron chi connectivity index (χ0n) is 10.9. The maximum atomic E-state index is 11.1. The largest absolute Gasteiger partial charge is 0.378 e. The third-order valence-corrected chi connectivity index (χ3v) is 2.39. The number of nitrogens with zero attached hydrogens (tertiary/aromatic N) is 5. The fraction of sp³-hybridized carbons (Fsp3) is 0.545. The van der Waals surface area contributed by atoms with Crippen LogP contribution in [0.5, 0.6) is 0 Å². The minimum Gasteiger partial charge on any atom is -0.378 e. The highest BCUT2D eigenvalue weighted by molar-refractivity contribution is 5.68. The van der Waals surface area contributed by atoms with Gasteiger partial charge in [0.1, 0.15) is 6.33 Å². The van der Waals surface area contributed by atoms with Crippen molar-refractivity contribution in [2.45, 2.75) is 20.3 Å². The van der Waals surface area contributed by atoms with Crippen molar-refractivity contribution in [3.05, 3.63) is 16.4 Å². The first-order chi connectivity index (χ1) is 8.97. The summed E-state index contributed by atoms with van der Waals surface area (Å²) in [6.07, 6.45) is 1.45. The van der Waals surface area contributed by atoms with Crippen LogP contribution >= 0.6 is 0 Å². The maximum absolute atomic E-state index is 11.1. The van der Waals surface area contributed by atoms with E-state index in [1.165, 1.54) is 6.33 Å². The Kier molecular flexibility index (Phi) is 5.00. The quantitative estimate of drug-likeness (QED) is 0.607. The van der Waals surface area contributed by atoms with Gasteiger partial charge in [0, 0.05) is 13.1 Å². The molecule has 0 bridgehead atoms. The average molecular weight is 264 g/mol. The molecule has 8 heteroatoms. The van der Waals surface area contributed by atoms with Gasteiger partial charge in [-0.1, -0.05) is 13.8 Å². The van der Waals surface area contributed by atoms with Crippen molar-refractivity contribution in [2.75, 3.05) is 23.7 Å². The highest BCUT2D eigenvalue weighted by Gasteiger charge is 2.25. The summed E-state index contributed by atoms with van der Waals surface area (Å²) in [5.74, 6) is 0.275. The molecule has 1 aromatic rings. The Hall–Kier alpha value is -2.43. The fourth-order valence-electron chi connectivity index (χ4n) is 1.70. The zero-order chi connectivity index (χ0) is 14.4. The minimum atomic E-state index is -0.593. The third-order valence-electron chi connectivity index (χ3n) is 2.39. The molecular formula is C11H16N6O2. The van der Waals surface area contributed by atoms with Crippen LogP contribution in [0.15, 0.2) is 6.33 Å². The lowest BCUT2D eigenvalue weighted by Crippen LogP contribution is -2.30. The van der Waals surface area contributed by atoms with Crippen LogP contribution in [0, 0.1) is 27.4 Å². The summed E-state index contributed by atoms with van der Waals surface area (Å²) in [5.41, 5.74) is 5.23. The van der Waals surface area contributed by atoms with Crippen molar-refractivity contribution >= 4 is 17.3 Å². The molecule has 1 rings (SSSR count). The van der Waals surface area contributed by atoms with Gasteiger partial charge in [0.15, 0.2) is 0 Å². The van der Waals surface area contributed by atoms with Gasteiger partial charge in [0.25, 0.3) is 0 Å². The molecule has 0 saturated heterocycles. The Bertz CT molecular complexity index is 496. The highest BCUT2D eigenvalue weighted by Crippen LogP contribution is 2.30. The predicted octanol–water partition coefficient (Wildman–Crippen LogP) is 1.34. The molecule has 0 unspecified atom stereocenters. The molecule has 0 radical (unpaired) electrons. The first kappa shape index (κ1) is 14.6. The first-order valence-electron chi connectivity index (χ1n) is 5.84. The molecule has 0 spiro atoms. The van der Waals surface area contributed by atoms with E-state index >= 15 is 0 Å². The zero-order valence-corrected chi connectivity index (χ0v) is 10.9. The molecule has 1 aromatic heterocycles. The summed E-state index contributed by atoms with van der Waals surface area (Å²) in [7, 11) is 0. The number of nitrogen functional groups attached to an aromatic ring is 1. The van der Waals surface area contributed by atoms with Gasteiger partial charge in [-0.3, -0.25) is 10.1 Å². The van der Waals surface area contributed by atoms with Crippen LogP contribution in [0.1, 0.15) is 20.3 Å². The van der Waals surface area contributed by atoms with Crippen molar-refractivity contribution in [2.24, 2.45) is 5.92 Å². The molecule has 0 amide bonds. The topological polar surface area (TPSA) is 122 Å². The second-order valence-corrected chi connectivity index (χ2v) is 4.44. The lowest BCUT2D eigenvalue weighted by Gasteiger charge is -2.24. The monoisotopic (exact) mass is 264 g/mol. The van der Waals surface area contributed by atoms with Crippen LogP contribution in [0.3, 0.4) is 0 Å². The molecule has 0 aliphatic heterocycles. The number of nitriles is 1. The molecule has 0 aromatic carbocycles. The van der Waals surface area contributed by atoms with Gasteiger partial charge in [0.05, 0.1) is 17.4 Å². The molecule has 19 heavy (non-hydrogen) atoms. The molecule has 0 aliphatic rings. The molecule has 0 saturated carbocycles. The summed E-state index contributed by atoms with van der Waals surface area (Å²) < 4.78 is 0. The van der Waals surface area contributed by atoms with E-state index in [9.17, 15) is 10.1 Å². The lowest BCUT2D eigenvalue weighted by molar-refractivity contribution is -0.383. The molecule has 2 N–H and O–H groups in total. The summed E-state index contributed by atoms with van der Waals surface area (Å²) >= 11 is 0. The summed E-state index contributed by atoms with van der Waals surface area (Å²) in [5, 5.41) is 19.7. The lowest BCUT2D eigenvalue weighted by atomic mass is 10.2. The molecule has 1 heterocycles. The Balaban J connectivity index is 3.17. The number of nitrogens with two attached hydrogens (primary N) is 1. The number of anilines is 2. The number of aromatic nitrogens is 2. The van der Waals surface area contributed by atoms with Crippen molar-refractivity contribution in [1.29, 1.82) is 5.26 Å². The molecule has 0 aliphatic carbocycles. The van der Waals surface area contributed by atoms with E-state index in [1.54, 1.807) is 4.90 Å². The average Bonchev–Trinajstić information content (AvgIpc) is 2.33. The van der Waals surface area contributed by atoms with Gasteiger partial charge in [-0.15, -0.1) is 0 Å². The maximum Gasteiger partial charge on any atom is 0.353 e. The van der Waals surface area contributed by atoms with Gasteiger partial charge < -0.3 is 10.6 Å². The normalized spacial score (nSPS) is 10.2. The van der Waals surface area contributed by atoms with E-state index < -0.39 is 4.92 Å². The van der Waals surface area contributed by atoms with Crippen LogP contribution in [0.2, 0.25) is 0 Å². The number of nitro groups is 1. The molecular weight excluding hydrogens is 248 g/mol. The second-order valence-electron chi connectivity index (χ2n) is 4.44. The van der Waals surface area contributed by atoms with Gasteiger partial charge >= 0.3 is 5.69 Å². The highest BCUT2D eigenvalue weighted by atomic mass is 16.6. The first-order valence-corrected chi connectivity index (χ1v) is 5.84. The number of rotatable bonds is 6. The molecule has 8 nitrogen and oxygen atoms in total. The van der Waals surface area contributed by atoms with Crippen molar-refractivity contribution in [1.82, 2.24) is 9.97 Å². The molecule has 0 atom stereocenters. The fourth-order valence-corrected chi connectivity index (χ4v) is 1.70. The van der Waals surface area contributed by atoms with E-state index in [1.807, 2.05) is 19.9 Å². The minimum absolute atomic E-state index is 0.166. The standard InChI is InChI=1S/C11H16N6O2/c1-8(2)6-16(5-3-4-12)11-9(17(18)19)10(13)14-7-15-11/h7-8H,3,5-6H2,1-2H3,(H2,13,14,15). The van der Waals surface area contributed by atoms with Crippen LogP contribution in [-0.2, 0) is 0 Å². The van der Waals surface area contributed by atoms with Gasteiger partial charge in [-0.25, -0.2) is 9.97 Å². The van der Waals surface area contributed by atoms with Crippen LogP contribution in [0.4, 0.5) is 17.3 Å². The smallest absolute Gasteiger partial charge is 0.353 e. The Labute approximate surface area is 111 Å². The number of hydrogen-bond donors (Lipinski definition) is 1. The van der Waals surface area contributed by atoms with Gasteiger partial charge in [-0.2, -0.15) is 5.26 Å². The third kappa shape index (κ3) is 3.77. The van der Waals surface area contributed by atoms with Gasteiger partial charge in [-0.05, 0) is 5.92 Å². The Morgan fingerprint density at radius 3 is 2.79 bits per heavy atom.